The molecule has 5 aromatic rings. The fourth-order valence-corrected chi connectivity index (χ4v) is 7.94. The molecule has 2 saturated heterocycles. The van der Waals surface area contributed by atoms with Gasteiger partial charge in [-0.2, -0.15) is 0 Å². The van der Waals surface area contributed by atoms with Crippen molar-refractivity contribution < 1.29 is 19.1 Å². The van der Waals surface area contributed by atoms with Crippen LogP contribution in [-0.4, -0.2) is 83.1 Å². The molecule has 56 heavy (non-hydrogen) atoms. The minimum Gasteiger partial charge on any atom is -0.457 e. The van der Waals surface area contributed by atoms with Gasteiger partial charge in [-0.25, -0.2) is 19.6 Å². The Bertz CT molecular complexity index is 1880. The first-order chi connectivity index (χ1) is 27.5. The molecule has 2 aliphatic heterocycles. The van der Waals surface area contributed by atoms with Crippen molar-refractivity contribution in [2.75, 3.05) is 49.1 Å². The van der Waals surface area contributed by atoms with E-state index in [0.717, 1.165) is 88.0 Å². The van der Waals surface area contributed by atoms with Gasteiger partial charge in [-0.3, -0.25) is 9.80 Å². The largest absolute Gasteiger partial charge is 0.457 e. The molecule has 2 fully saturated rings. The summed E-state index contributed by atoms with van der Waals surface area (Å²) in [5.41, 5.74) is 5.56. The number of rotatable bonds is 16. The van der Waals surface area contributed by atoms with Crippen LogP contribution in [0.3, 0.4) is 0 Å². The first-order valence-electron chi connectivity index (χ1n) is 19.9. The molecule has 0 saturated carbocycles. The molecule has 3 aromatic carbocycles. The molecule has 2 atom stereocenters. The maximum absolute atomic E-state index is 12.6. The fourth-order valence-electron chi connectivity index (χ4n) is 7.94. The SMILES string of the molecule is CCN(Cc1ccc(CN(CC)[C@@H]2CCN(c3ncccc3COC(=O)c3ccccc3)C2)cc1)[C@@H]1CCN(c2ncccc2COC(=O)c2ccccc2)C1. The highest BCUT2D eigenvalue weighted by molar-refractivity contribution is 5.89. The van der Waals surface area contributed by atoms with Gasteiger partial charge in [-0.1, -0.05) is 86.6 Å². The summed E-state index contributed by atoms with van der Waals surface area (Å²) in [4.78, 5) is 44.5. The summed E-state index contributed by atoms with van der Waals surface area (Å²) in [7, 11) is 0. The smallest absolute Gasteiger partial charge is 0.338 e. The third-order valence-electron chi connectivity index (χ3n) is 11.0. The van der Waals surface area contributed by atoms with Crippen LogP contribution in [0.2, 0.25) is 0 Å². The molecule has 0 aliphatic carbocycles. The number of likely N-dealkylation sites (N-methyl/N-ethyl adjacent to an activating group) is 2. The standard InChI is InChI=1S/C46H52N6O4/c1-3-49(41-23-27-51(31-41)43-39(17-11-25-47-43)33-55-45(53)37-13-7-5-8-14-37)29-35-19-21-36(22-20-35)30-50(4-2)42-24-28-52(32-42)44-40(18-12-26-48-44)34-56-46(54)38-15-9-6-10-16-38/h5-22,25-26,41-42H,3-4,23-24,27-34H2,1-2H3/t41-,42-/m1/s1. The average Bonchev–Trinajstić information content (AvgIpc) is 3.96. The predicted octanol–water partition coefficient (Wildman–Crippen LogP) is 7.39. The van der Waals surface area contributed by atoms with Crippen molar-refractivity contribution in [1.29, 1.82) is 0 Å². The molecule has 0 radical (unpaired) electrons. The van der Waals surface area contributed by atoms with E-state index in [-0.39, 0.29) is 25.2 Å². The van der Waals surface area contributed by atoms with E-state index >= 15 is 0 Å². The number of esters is 2. The highest BCUT2D eigenvalue weighted by Crippen LogP contribution is 2.28. The van der Waals surface area contributed by atoms with Crippen LogP contribution in [0, 0.1) is 0 Å². The summed E-state index contributed by atoms with van der Waals surface area (Å²) in [5.74, 6) is 1.14. The Balaban J connectivity index is 0.907. The van der Waals surface area contributed by atoms with Crippen molar-refractivity contribution in [2.24, 2.45) is 0 Å². The van der Waals surface area contributed by atoms with Gasteiger partial charge in [0.15, 0.2) is 0 Å². The van der Waals surface area contributed by atoms with Gasteiger partial charge in [-0.15, -0.1) is 0 Å². The van der Waals surface area contributed by atoms with Crippen LogP contribution in [0.15, 0.2) is 122 Å². The van der Waals surface area contributed by atoms with Crippen molar-refractivity contribution in [2.45, 2.75) is 65.1 Å². The zero-order chi connectivity index (χ0) is 38.7. The van der Waals surface area contributed by atoms with Crippen LogP contribution >= 0.6 is 0 Å². The van der Waals surface area contributed by atoms with E-state index in [0.29, 0.717) is 23.2 Å². The summed E-state index contributed by atoms with van der Waals surface area (Å²) < 4.78 is 11.3. The second kappa shape index (κ2) is 18.8. The van der Waals surface area contributed by atoms with Crippen molar-refractivity contribution in [3.63, 3.8) is 0 Å². The van der Waals surface area contributed by atoms with Crippen molar-refractivity contribution in [3.05, 3.63) is 155 Å². The van der Waals surface area contributed by atoms with Crippen LogP contribution in [0.25, 0.3) is 0 Å². The maximum Gasteiger partial charge on any atom is 0.338 e. The molecular formula is C46H52N6O4. The lowest BCUT2D eigenvalue weighted by atomic mass is 10.1. The summed E-state index contributed by atoms with van der Waals surface area (Å²) >= 11 is 0. The van der Waals surface area contributed by atoms with Crippen molar-refractivity contribution >= 4 is 23.6 Å². The van der Waals surface area contributed by atoms with E-state index < -0.39 is 0 Å². The molecule has 290 valence electrons. The summed E-state index contributed by atoms with van der Waals surface area (Å²) in [6, 6.07) is 36.0. The normalized spacial score (nSPS) is 16.8. The van der Waals surface area contributed by atoms with Gasteiger partial charge in [-0.05, 0) is 73.5 Å². The van der Waals surface area contributed by atoms with Gasteiger partial charge in [0, 0.05) is 74.9 Å². The molecule has 7 rings (SSSR count). The second-order valence-corrected chi connectivity index (χ2v) is 14.6. The number of anilines is 2. The molecule has 2 aromatic heterocycles. The molecule has 4 heterocycles. The fraction of sp³-hybridized carbons (Fsp3) is 0.348. The van der Waals surface area contributed by atoms with E-state index in [1.165, 1.54) is 11.1 Å². The van der Waals surface area contributed by atoms with E-state index in [1.54, 1.807) is 24.3 Å². The number of hydrogen-bond acceptors (Lipinski definition) is 10. The number of ether oxygens (including phenoxy) is 2. The topological polar surface area (TPSA) is 91.3 Å². The van der Waals surface area contributed by atoms with Crippen LogP contribution < -0.4 is 9.80 Å². The van der Waals surface area contributed by atoms with Gasteiger partial charge in [0.05, 0.1) is 11.1 Å². The van der Waals surface area contributed by atoms with Gasteiger partial charge < -0.3 is 19.3 Å². The first-order valence-corrected chi connectivity index (χ1v) is 19.9. The summed E-state index contributed by atoms with van der Waals surface area (Å²) in [6.45, 7) is 12.1. The van der Waals surface area contributed by atoms with E-state index in [2.05, 4.69) is 57.7 Å². The lowest BCUT2D eigenvalue weighted by molar-refractivity contribution is 0.0464. The van der Waals surface area contributed by atoms with Gasteiger partial charge in [0.1, 0.15) is 24.8 Å². The Morgan fingerprint density at radius 2 is 1.00 bits per heavy atom. The third kappa shape index (κ3) is 9.61. The van der Waals surface area contributed by atoms with Crippen molar-refractivity contribution in [3.8, 4) is 0 Å². The number of benzene rings is 3. The van der Waals surface area contributed by atoms with Crippen LogP contribution in [0.4, 0.5) is 11.6 Å². The molecule has 0 bridgehead atoms. The highest BCUT2D eigenvalue weighted by Gasteiger charge is 2.31. The molecule has 2 aliphatic rings. The highest BCUT2D eigenvalue weighted by atomic mass is 16.5. The summed E-state index contributed by atoms with van der Waals surface area (Å²) in [6.07, 6.45) is 5.73. The zero-order valence-electron chi connectivity index (χ0n) is 32.5. The number of carbonyl (C=O) groups excluding carboxylic acids is 2. The lowest BCUT2D eigenvalue weighted by Gasteiger charge is -2.29. The Morgan fingerprint density at radius 1 is 0.589 bits per heavy atom. The minimum atomic E-state index is -0.327. The average molecular weight is 753 g/mol. The third-order valence-corrected chi connectivity index (χ3v) is 11.0. The Kier molecular flexibility index (Phi) is 13.0. The quantitative estimate of drug-likeness (QED) is 0.0951. The maximum atomic E-state index is 12.6. The van der Waals surface area contributed by atoms with Gasteiger partial charge in [0.2, 0.25) is 0 Å². The predicted molar refractivity (Wildman–Crippen MR) is 219 cm³/mol. The second-order valence-electron chi connectivity index (χ2n) is 14.6. The molecule has 10 nitrogen and oxygen atoms in total. The molecule has 10 heteroatoms. The molecule has 0 N–H and O–H groups in total. The van der Waals surface area contributed by atoms with E-state index in [4.69, 9.17) is 19.4 Å². The number of carbonyl (C=O) groups is 2. The van der Waals surface area contributed by atoms with Crippen LogP contribution in [0.1, 0.15) is 69.7 Å². The Hall–Kier alpha value is -5.58. The number of pyridine rings is 2. The Morgan fingerprint density at radius 3 is 1.39 bits per heavy atom. The first kappa shape index (κ1) is 38.7. The zero-order valence-corrected chi connectivity index (χ0v) is 32.5. The molecule has 0 unspecified atom stereocenters. The van der Waals surface area contributed by atoms with E-state index in [9.17, 15) is 9.59 Å². The molecular weight excluding hydrogens is 701 g/mol. The number of nitrogens with zero attached hydrogens (tertiary/aromatic N) is 6. The summed E-state index contributed by atoms with van der Waals surface area (Å²) in [5, 5.41) is 0. The Labute approximate surface area is 330 Å². The van der Waals surface area contributed by atoms with Gasteiger partial charge >= 0.3 is 11.9 Å². The number of hydrogen-bond donors (Lipinski definition) is 0. The van der Waals surface area contributed by atoms with E-state index in [1.807, 2.05) is 73.1 Å². The van der Waals surface area contributed by atoms with Crippen molar-refractivity contribution in [1.82, 2.24) is 19.8 Å². The van der Waals surface area contributed by atoms with Crippen LogP contribution in [0.5, 0.6) is 0 Å². The lowest BCUT2D eigenvalue weighted by Crippen LogP contribution is -2.37. The van der Waals surface area contributed by atoms with Gasteiger partial charge in [0.25, 0.3) is 0 Å². The number of aromatic nitrogens is 2. The monoisotopic (exact) mass is 752 g/mol. The molecule has 0 spiro atoms. The minimum absolute atomic E-state index is 0.190. The van der Waals surface area contributed by atoms with Crippen LogP contribution in [-0.2, 0) is 35.8 Å². The molecule has 0 amide bonds.